The van der Waals surface area contributed by atoms with E-state index < -0.39 is 5.60 Å². The van der Waals surface area contributed by atoms with Crippen molar-refractivity contribution in [2.75, 3.05) is 7.11 Å². The largest absolute Gasteiger partial charge is 0.482 e. The van der Waals surface area contributed by atoms with Crippen LogP contribution >= 0.6 is 0 Å². The Balaban J connectivity index is 1.15. The number of nitrogens with one attached hydrogen (secondary N) is 1. The molecule has 6 heterocycles. The molecule has 4 fully saturated rings. The lowest BCUT2D eigenvalue weighted by Crippen LogP contribution is -2.48. The molecule has 46 heavy (non-hydrogen) atoms. The molecule has 2 saturated heterocycles. The Morgan fingerprint density at radius 3 is 2.59 bits per heavy atom. The quantitative estimate of drug-likeness (QED) is 0.268. The lowest BCUT2D eigenvalue weighted by molar-refractivity contribution is -0.139. The number of aliphatic hydroxyl groups is 1. The summed E-state index contributed by atoms with van der Waals surface area (Å²) in [5.74, 6) is 0.937. The minimum atomic E-state index is -0.749. The molecule has 11 heteroatoms. The highest BCUT2D eigenvalue weighted by atomic mass is 16.5. The number of aryl methyl sites for hydroxylation is 1. The number of aromatic nitrogens is 4. The maximum atomic E-state index is 13.8. The van der Waals surface area contributed by atoms with Crippen LogP contribution in [-0.2, 0) is 11.3 Å². The molecule has 4 aliphatic rings. The van der Waals surface area contributed by atoms with Gasteiger partial charge in [-0.1, -0.05) is 0 Å². The molecule has 2 saturated carbocycles. The number of carbonyl (C=O) groups is 2. The number of ether oxygens (including phenoxy) is 1. The molecule has 8 rings (SSSR count). The molecular formula is C35H43N7O4. The first-order valence-corrected chi connectivity index (χ1v) is 16.7. The summed E-state index contributed by atoms with van der Waals surface area (Å²) in [5.41, 5.74) is 11.2. The number of carbonyl (C=O) groups excluding carboxylic acids is 2. The third kappa shape index (κ3) is 4.78. The van der Waals surface area contributed by atoms with Gasteiger partial charge in [-0.05, 0) is 95.9 Å². The van der Waals surface area contributed by atoms with Crippen molar-refractivity contribution in [3.8, 4) is 17.3 Å². The van der Waals surface area contributed by atoms with Gasteiger partial charge in [-0.3, -0.25) is 14.0 Å². The fourth-order valence-corrected chi connectivity index (χ4v) is 8.21. The standard InChI is InChI=1S/C35H43N7O4/c1-18(37-33(43)23-15-35(3,45)16-23)26-9-7-21-11-28(40(32(21)38-26)17-20-5-6-20)31-19(2)41-29(39-31)12-22(13-30(41)46-4)34(44)42-24-8-10-27(42)25(36)14-24/h7,9,11-13,18,20,23-25,27,45H,5-6,8,10,14-17,36H2,1-4H3,(H,37,43)/t18-,23-,24+,25-,27-,35+/m1/s1. The van der Waals surface area contributed by atoms with Gasteiger partial charge in [0.05, 0.1) is 35.8 Å². The van der Waals surface area contributed by atoms with Crippen LogP contribution in [0.25, 0.3) is 28.1 Å². The number of rotatable bonds is 8. The lowest BCUT2D eigenvalue weighted by atomic mass is 9.71. The second kappa shape index (κ2) is 10.5. The molecule has 2 bridgehead atoms. The minimum Gasteiger partial charge on any atom is -0.482 e. The summed E-state index contributed by atoms with van der Waals surface area (Å²) in [6, 6.07) is 9.95. The molecule has 2 amide bonds. The van der Waals surface area contributed by atoms with E-state index in [9.17, 15) is 14.7 Å². The highest BCUT2D eigenvalue weighted by Gasteiger charge is 2.47. The molecule has 0 unspecified atom stereocenters. The van der Waals surface area contributed by atoms with Gasteiger partial charge in [0.25, 0.3) is 5.91 Å². The third-order valence-corrected chi connectivity index (χ3v) is 10.9. The molecule has 0 spiro atoms. The summed E-state index contributed by atoms with van der Waals surface area (Å²) >= 11 is 0. The number of hydrogen-bond acceptors (Lipinski definition) is 7. The second-order valence-corrected chi connectivity index (χ2v) is 14.5. The van der Waals surface area contributed by atoms with Crippen LogP contribution in [0.4, 0.5) is 0 Å². The topological polar surface area (TPSA) is 140 Å². The number of methoxy groups -OCH3 is 1. The van der Waals surface area contributed by atoms with E-state index >= 15 is 0 Å². The summed E-state index contributed by atoms with van der Waals surface area (Å²) in [7, 11) is 1.63. The van der Waals surface area contributed by atoms with Crippen LogP contribution in [0.1, 0.15) is 86.6 Å². The number of imidazole rings is 1. The van der Waals surface area contributed by atoms with Gasteiger partial charge in [-0.2, -0.15) is 0 Å². The normalized spacial score (nSPS) is 27.7. The molecule has 0 radical (unpaired) electrons. The van der Waals surface area contributed by atoms with E-state index in [1.165, 1.54) is 12.8 Å². The van der Waals surface area contributed by atoms with E-state index in [1.54, 1.807) is 14.0 Å². The first-order chi connectivity index (χ1) is 22.0. The molecule has 2 aliphatic heterocycles. The average Bonchev–Trinajstić information content (AvgIpc) is 3.33. The molecule has 242 valence electrons. The average molecular weight is 626 g/mol. The van der Waals surface area contributed by atoms with Gasteiger partial charge in [0, 0.05) is 47.6 Å². The fraction of sp³-hybridized carbons (Fsp3) is 0.543. The monoisotopic (exact) mass is 625 g/mol. The Morgan fingerprint density at radius 1 is 1.15 bits per heavy atom. The molecular weight excluding hydrogens is 582 g/mol. The van der Waals surface area contributed by atoms with E-state index in [2.05, 4.69) is 22.0 Å². The zero-order chi connectivity index (χ0) is 32.1. The number of fused-ring (bicyclic) bond motifs is 4. The summed E-state index contributed by atoms with van der Waals surface area (Å²) in [4.78, 5) is 38.8. The SMILES string of the molecule is COc1cc(C(=O)N2[C@H]3CC[C@@H]2[C@H](N)C3)cc2nc(-c3cc4ccc([C@@H](C)NC(=O)[C@H]5C[C@@](C)(O)C5)nc4n3CC3CC3)c(C)n12. The first-order valence-electron chi connectivity index (χ1n) is 16.7. The molecule has 4 N–H and O–H groups in total. The highest BCUT2D eigenvalue weighted by Crippen LogP contribution is 2.41. The highest BCUT2D eigenvalue weighted by molar-refractivity contribution is 5.97. The predicted molar refractivity (Wildman–Crippen MR) is 173 cm³/mol. The van der Waals surface area contributed by atoms with Gasteiger partial charge in [0.15, 0.2) is 5.88 Å². The number of pyridine rings is 2. The van der Waals surface area contributed by atoms with Crippen LogP contribution in [0, 0.1) is 18.8 Å². The van der Waals surface area contributed by atoms with Gasteiger partial charge in [0.2, 0.25) is 5.91 Å². The Labute approximate surface area is 268 Å². The van der Waals surface area contributed by atoms with Crippen molar-refractivity contribution in [3.05, 3.63) is 47.3 Å². The van der Waals surface area contributed by atoms with Crippen LogP contribution in [0.2, 0.25) is 0 Å². The predicted octanol–water partition coefficient (Wildman–Crippen LogP) is 4.12. The Kier molecular flexibility index (Phi) is 6.74. The van der Waals surface area contributed by atoms with E-state index in [0.717, 1.165) is 59.6 Å². The number of hydrogen-bond donors (Lipinski definition) is 3. The van der Waals surface area contributed by atoms with Crippen LogP contribution < -0.4 is 15.8 Å². The van der Waals surface area contributed by atoms with Crippen molar-refractivity contribution in [1.82, 2.24) is 29.2 Å². The van der Waals surface area contributed by atoms with Crippen LogP contribution in [0.3, 0.4) is 0 Å². The summed E-state index contributed by atoms with van der Waals surface area (Å²) in [5, 5.41) is 14.2. The molecule has 4 aromatic heterocycles. The number of nitrogens with zero attached hydrogens (tertiary/aromatic N) is 5. The lowest BCUT2D eigenvalue weighted by Gasteiger charge is -2.40. The zero-order valence-corrected chi connectivity index (χ0v) is 27.0. The second-order valence-electron chi connectivity index (χ2n) is 14.5. The molecule has 4 aromatic rings. The van der Waals surface area contributed by atoms with Crippen molar-refractivity contribution in [2.24, 2.45) is 17.6 Å². The van der Waals surface area contributed by atoms with E-state index in [0.29, 0.717) is 35.9 Å². The Hall–Kier alpha value is -3.96. The van der Waals surface area contributed by atoms with Gasteiger partial charge < -0.3 is 30.4 Å². The fourth-order valence-electron chi connectivity index (χ4n) is 8.21. The van der Waals surface area contributed by atoms with Crippen molar-refractivity contribution >= 4 is 28.5 Å². The minimum absolute atomic E-state index is 0.00747. The van der Waals surface area contributed by atoms with Crippen LogP contribution in [0.15, 0.2) is 30.3 Å². The molecule has 4 atom stereocenters. The van der Waals surface area contributed by atoms with Gasteiger partial charge in [-0.15, -0.1) is 0 Å². The van der Waals surface area contributed by atoms with E-state index in [1.807, 2.05) is 41.3 Å². The van der Waals surface area contributed by atoms with E-state index in [-0.39, 0.29) is 41.9 Å². The summed E-state index contributed by atoms with van der Waals surface area (Å²) in [6.45, 7) is 6.59. The molecule has 11 nitrogen and oxygen atoms in total. The molecule has 0 aromatic carbocycles. The first kappa shape index (κ1) is 29.4. The van der Waals surface area contributed by atoms with E-state index in [4.69, 9.17) is 20.4 Å². The number of nitrogens with two attached hydrogens (primary N) is 1. The number of amides is 2. The van der Waals surface area contributed by atoms with Crippen molar-refractivity contribution < 1.29 is 19.4 Å². The maximum Gasteiger partial charge on any atom is 0.254 e. The van der Waals surface area contributed by atoms with Crippen molar-refractivity contribution in [3.63, 3.8) is 0 Å². The Morgan fingerprint density at radius 2 is 1.93 bits per heavy atom. The smallest absolute Gasteiger partial charge is 0.254 e. The summed E-state index contributed by atoms with van der Waals surface area (Å²) < 4.78 is 10.1. The van der Waals surface area contributed by atoms with Crippen LogP contribution in [0.5, 0.6) is 5.88 Å². The molecule has 2 aliphatic carbocycles. The van der Waals surface area contributed by atoms with Crippen molar-refractivity contribution in [2.45, 2.75) is 102 Å². The van der Waals surface area contributed by atoms with Crippen molar-refractivity contribution in [1.29, 1.82) is 0 Å². The van der Waals surface area contributed by atoms with Gasteiger partial charge in [-0.25, -0.2) is 9.97 Å². The third-order valence-electron chi connectivity index (χ3n) is 10.9. The van der Waals surface area contributed by atoms with Gasteiger partial charge in [0.1, 0.15) is 17.0 Å². The van der Waals surface area contributed by atoms with Crippen LogP contribution in [-0.4, -0.2) is 71.6 Å². The summed E-state index contributed by atoms with van der Waals surface area (Å²) in [6.07, 6.45) is 6.16. The van der Waals surface area contributed by atoms with Gasteiger partial charge >= 0.3 is 0 Å². The maximum absolute atomic E-state index is 13.8. The zero-order valence-electron chi connectivity index (χ0n) is 27.0. The Bertz CT molecular complexity index is 1880.